The molecule has 2 aromatic carbocycles. The van der Waals surface area contributed by atoms with Crippen molar-refractivity contribution in [3.63, 3.8) is 0 Å². The zero-order valence-electron chi connectivity index (χ0n) is 18.9. The summed E-state index contributed by atoms with van der Waals surface area (Å²) in [6, 6.07) is 10.6. The van der Waals surface area contributed by atoms with Crippen LogP contribution in [0.25, 0.3) is 20.3 Å². The second-order valence-corrected chi connectivity index (χ2v) is 10.4. The van der Waals surface area contributed by atoms with Gasteiger partial charge in [-0.15, -0.1) is 11.3 Å². The van der Waals surface area contributed by atoms with Crippen molar-refractivity contribution in [2.24, 2.45) is 0 Å². The highest BCUT2D eigenvalue weighted by Gasteiger charge is 2.25. The molecule has 0 atom stereocenters. The molecule has 5 rings (SSSR count). The molecule has 0 bridgehead atoms. The van der Waals surface area contributed by atoms with Gasteiger partial charge in [-0.2, -0.15) is 0 Å². The molecular weight excluding hydrogens is 472 g/mol. The molecule has 176 valence electrons. The van der Waals surface area contributed by atoms with Crippen LogP contribution >= 0.6 is 22.7 Å². The lowest BCUT2D eigenvalue weighted by atomic mass is 10.1. The van der Waals surface area contributed by atoms with Gasteiger partial charge in [0.1, 0.15) is 0 Å². The summed E-state index contributed by atoms with van der Waals surface area (Å²) in [6.45, 7) is 8.39. The van der Waals surface area contributed by atoms with Gasteiger partial charge in [-0.25, -0.2) is 4.98 Å². The maximum atomic E-state index is 13.8. The number of carbonyl (C=O) groups excluding carboxylic acids is 1. The van der Waals surface area contributed by atoms with Crippen LogP contribution in [-0.2, 0) is 4.74 Å². The van der Waals surface area contributed by atoms with Gasteiger partial charge in [0.05, 0.1) is 33.2 Å². The Morgan fingerprint density at radius 3 is 2.65 bits per heavy atom. The summed E-state index contributed by atoms with van der Waals surface area (Å²) in [7, 11) is 0. The quantitative estimate of drug-likeness (QED) is 0.275. The van der Waals surface area contributed by atoms with E-state index >= 15 is 0 Å². The smallest absolute Gasteiger partial charge is 0.270 e. The van der Waals surface area contributed by atoms with Crippen LogP contribution in [0.4, 0.5) is 10.8 Å². The van der Waals surface area contributed by atoms with Gasteiger partial charge in [0.15, 0.2) is 5.13 Å². The van der Waals surface area contributed by atoms with E-state index in [1.807, 2.05) is 6.92 Å². The highest BCUT2D eigenvalue weighted by atomic mass is 32.1. The number of hydrogen-bond acceptors (Lipinski definition) is 8. The molecule has 8 nitrogen and oxygen atoms in total. The maximum Gasteiger partial charge on any atom is 0.270 e. The van der Waals surface area contributed by atoms with Crippen LogP contribution in [0, 0.1) is 24.0 Å². The minimum atomic E-state index is -0.418. The van der Waals surface area contributed by atoms with Gasteiger partial charge in [0.25, 0.3) is 11.6 Å². The molecule has 1 amide bonds. The molecular formula is C24H24N4O4S2. The predicted molar refractivity (Wildman–Crippen MR) is 137 cm³/mol. The number of benzene rings is 2. The number of morpholine rings is 1. The highest BCUT2D eigenvalue weighted by molar-refractivity contribution is 7.23. The van der Waals surface area contributed by atoms with E-state index in [9.17, 15) is 14.9 Å². The van der Waals surface area contributed by atoms with Crippen molar-refractivity contribution in [3.05, 3.63) is 62.5 Å². The number of ether oxygens (including phenoxy) is 1. The van der Waals surface area contributed by atoms with E-state index in [1.165, 1.54) is 34.8 Å². The molecule has 0 spiro atoms. The summed E-state index contributed by atoms with van der Waals surface area (Å²) in [4.78, 5) is 34.0. The van der Waals surface area contributed by atoms with Crippen molar-refractivity contribution in [3.8, 4) is 0 Å². The van der Waals surface area contributed by atoms with Crippen LogP contribution in [0.2, 0.25) is 0 Å². The van der Waals surface area contributed by atoms with E-state index in [4.69, 9.17) is 9.72 Å². The molecule has 0 N–H and O–H groups in total. The van der Waals surface area contributed by atoms with Crippen molar-refractivity contribution in [1.29, 1.82) is 0 Å². The fraction of sp³-hybridized carbons (Fsp3) is 0.333. The summed E-state index contributed by atoms with van der Waals surface area (Å²) in [6.07, 6.45) is 0. The fourth-order valence-corrected chi connectivity index (χ4v) is 6.22. The Labute approximate surface area is 204 Å². The lowest BCUT2D eigenvalue weighted by Crippen LogP contribution is -2.43. The number of nitrogens with zero attached hydrogens (tertiary/aromatic N) is 4. The first-order valence-electron chi connectivity index (χ1n) is 11.1. The number of thiazole rings is 1. The summed E-state index contributed by atoms with van der Waals surface area (Å²) >= 11 is 2.89. The number of fused-ring (bicyclic) bond motifs is 2. The average molecular weight is 497 g/mol. The van der Waals surface area contributed by atoms with Crippen LogP contribution in [-0.4, -0.2) is 60.1 Å². The number of anilines is 1. The summed E-state index contributed by atoms with van der Waals surface area (Å²) in [5.74, 6) is -0.133. The largest absolute Gasteiger partial charge is 0.379 e. The Morgan fingerprint density at radius 1 is 1.15 bits per heavy atom. The molecule has 1 saturated heterocycles. The third-order valence-corrected chi connectivity index (χ3v) is 8.39. The van der Waals surface area contributed by atoms with Crippen molar-refractivity contribution in [2.45, 2.75) is 13.8 Å². The van der Waals surface area contributed by atoms with Crippen molar-refractivity contribution in [1.82, 2.24) is 9.88 Å². The molecule has 2 aromatic heterocycles. The van der Waals surface area contributed by atoms with E-state index in [1.54, 1.807) is 17.0 Å². The number of carbonyl (C=O) groups is 1. The number of rotatable bonds is 6. The molecule has 3 heterocycles. The summed E-state index contributed by atoms with van der Waals surface area (Å²) in [5.41, 5.74) is 3.17. The van der Waals surface area contributed by atoms with Crippen LogP contribution in [0.5, 0.6) is 0 Å². The maximum absolute atomic E-state index is 13.8. The van der Waals surface area contributed by atoms with E-state index in [2.05, 4.69) is 24.0 Å². The Balaban J connectivity index is 1.51. The Hall–Kier alpha value is -2.92. The van der Waals surface area contributed by atoms with Crippen LogP contribution < -0.4 is 4.90 Å². The SMILES string of the molecule is Cc1ccc(C)c2sc(N(CCN3CCOCC3)C(=O)c3cc4cc([N+](=O)[O-])ccc4s3)nc12. The lowest BCUT2D eigenvalue weighted by molar-refractivity contribution is -0.384. The molecule has 0 radical (unpaired) electrons. The molecule has 34 heavy (non-hydrogen) atoms. The Bertz CT molecular complexity index is 1350. The lowest BCUT2D eigenvalue weighted by Gasteiger charge is -2.29. The molecule has 1 aliphatic rings. The first-order chi connectivity index (χ1) is 16.4. The molecule has 0 unspecified atom stereocenters. The van der Waals surface area contributed by atoms with Gasteiger partial charge in [-0.3, -0.25) is 24.7 Å². The highest BCUT2D eigenvalue weighted by Crippen LogP contribution is 2.35. The zero-order chi connectivity index (χ0) is 23.8. The molecule has 1 fully saturated rings. The molecule has 0 saturated carbocycles. The van der Waals surface area contributed by atoms with E-state index in [0.717, 1.165) is 45.7 Å². The minimum absolute atomic E-state index is 0.0191. The molecule has 10 heteroatoms. The number of thiophene rings is 1. The number of aryl methyl sites for hydroxylation is 2. The van der Waals surface area contributed by atoms with Gasteiger partial charge < -0.3 is 4.74 Å². The van der Waals surface area contributed by atoms with Gasteiger partial charge in [0.2, 0.25) is 0 Å². The van der Waals surface area contributed by atoms with Gasteiger partial charge in [-0.1, -0.05) is 23.5 Å². The number of aromatic nitrogens is 1. The van der Waals surface area contributed by atoms with Crippen LogP contribution in [0.3, 0.4) is 0 Å². The first kappa shape index (κ1) is 22.9. The third kappa shape index (κ3) is 4.41. The van der Waals surface area contributed by atoms with E-state index in [0.29, 0.717) is 35.2 Å². The number of non-ortho nitro benzene ring substituents is 1. The average Bonchev–Trinajstić information content (AvgIpc) is 3.47. The van der Waals surface area contributed by atoms with Crippen molar-refractivity contribution in [2.75, 3.05) is 44.3 Å². The Kier molecular flexibility index (Phi) is 6.30. The normalized spacial score (nSPS) is 14.6. The minimum Gasteiger partial charge on any atom is -0.379 e. The fourth-order valence-electron chi connectivity index (χ4n) is 4.10. The number of nitro groups is 1. The van der Waals surface area contributed by atoms with E-state index in [-0.39, 0.29) is 11.6 Å². The predicted octanol–water partition coefficient (Wildman–Crippen LogP) is 5.02. The molecule has 1 aliphatic heterocycles. The standard InChI is InChI=1S/C24H24N4O4S2/c1-15-3-4-16(2)22-21(15)25-24(34-22)27(8-7-26-9-11-32-12-10-26)23(29)20-14-17-13-18(28(30)31)5-6-19(17)33-20/h3-6,13-14H,7-12H2,1-2H3. The second kappa shape index (κ2) is 9.38. The third-order valence-electron chi connectivity index (χ3n) is 6.07. The van der Waals surface area contributed by atoms with Crippen LogP contribution in [0.1, 0.15) is 20.8 Å². The number of amides is 1. The van der Waals surface area contributed by atoms with Crippen molar-refractivity contribution < 1.29 is 14.5 Å². The summed E-state index contributed by atoms with van der Waals surface area (Å²) in [5, 5.41) is 12.5. The Morgan fingerprint density at radius 2 is 1.91 bits per heavy atom. The molecule has 4 aromatic rings. The monoisotopic (exact) mass is 496 g/mol. The van der Waals surface area contributed by atoms with Gasteiger partial charge >= 0.3 is 0 Å². The van der Waals surface area contributed by atoms with E-state index < -0.39 is 4.92 Å². The van der Waals surface area contributed by atoms with Gasteiger partial charge in [0, 0.05) is 48.4 Å². The summed E-state index contributed by atoms with van der Waals surface area (Å²) < 4.78 is 7.39. The van der Waals surface area contributed by atoms with Gasteiger partial charge in [-0.05, 0) is 37.1 Å². The molecule has 0 aliphatic carbocycles. The first-order valence-corrected chi connectivity index (χ1v) is 12.7. The second-order valence-electron chi connectivity index (χ2n) is 8.37. The topological polar surface area (TPSA) is 88.8 Å². The van der Waals surface area contributed by atoms with Crippen molar-refractivity contribution >= 4 is 59.7 Å². The van der Waals surface area contributed by atoms with Crippen LogP contribution in [0.15, 0.2) is 36.4 Å². The number of hydrogen-bond donors (Lipinski definition) is 0. The zero-order valence-corrected chi connectivity index (χ0v) is 20.6. The number of nitro benzene ring substituents is 1.